The maximum Gasteiger partial charge on any atom is 0 e. The van der Waals surface area contributed by atoms with E-state index >= 15 is 0 Å². The van der Waals surface area contributed by atoms with Gasteiger partial charge in [0.2, 0.25) is 0 Å². The van der Waals surface area contributed by atoms with Crippen molar-refractivity contribution < 1.29 is 37.4 Å². The van der Waals surface area contributed by atoms with Gasteiger partial charge in [-0.3, -0.25) is 0 Å². The van der Waals surface area contributed by atoms with Crippen molar-refractivity contribution in [3.8, 4) is 0 Å². The van der Waals surface area contributed by atoms with Crippen LogP contribution in [0.1, 0.15) is 0 Å². The average Bonchev–Trinajstić information content (AvgIpc) is 1.39. The molecule has 70 valence electrons. The summed E-state index contributed by atoms with van der Waals surface area (Å²) < 4.78 is 0. The molecule has 0 saturated carbocycles. The van der Waals surface area contributed by atoms with E-state index < -0.39 is 0 Å². The number of hydrogen-bond donors (Lipinski definition) is 2. The second kappa shape index (κ2) is 158. The first-order valence-electron chi connectivity index (χ1n) is 0.730. The smallest absolute Gasteiger partial charge is 0 e. The SMILES string of the molecule is N.N.O=N[O-].O=N[O-].[Br-].[Pd]. The molecule has 0 aliphatic rings. The first-order chi connectivity index (χ1) is 2.83. The van der Waals surface area contributed by atoms with Crippen LogP contribution in [0.15, 0.2) is 10.7 Å². The zero-order chi connectivity index (χ0) is 5.41. The molecule has 0 unspecified atom stereocenters. The van der Waals surface area contributed by atoms with Gasteiger partial charge in [-0.25, -0.2) is 0 Å². The molecule has 0 atom stereocenters. The van der Waals surface area contributed by atoms with Crippen LogP contribution in [0, 0.1) is 20.2 Å². The minimum absolute atomic E-state index is 0. The van der Waals surface area contributed by atoms with Crippen molar-refractivity contribution in [3.63, 3.8) is 0 Å². The summed E-state index contributed by atoms with van der Waals surface area (Å²) in [6, 6.07) is 0. The zero-order valence-corrected chi connectivity index (χ0v) is 7.78. The van der Waals surface area contributed by atoms with Gasteiger partial charge >= 0.3 is 0 Å². The van der Waals surface area contributed by atoms with E-state index in [0.29, 0.717) is 0 Å². The molecule has 8 nitrogen and oxygen atoms in total. The molecule has 0 amide bonds. The monoisotopic (exact) mass is 311 g/mol. The molecule has 0 spiro atoms. The van der Waals surface area contributed by atoms with Crippen molar-refractivity contribution >= 4 is 0 Å². The fourth-order valence-electron chi connectivity index (χ4n) is 0. The Kier molecular flexibility index (Phi) is 820. The predicted molar refractivity (Wildman–Crippen MR) is 28.4 cm³/mol. The first-order valence-corrected chi connectivity index (χ1v) is 0.730. The van der Waals surface area contributed by atoms with Crippen LogP contribution in [-0.2, 0) is 20.4 Å². The molecule has 10 heteroatoms. The van der Waals surface area contributed by atoms with Crippen LogP contribution in [0.4, 0.5) is 0 Å². The van der Waals surface area contributed by atoms with Crippen molar-refractivity contribution in [2.45, 2.75) is 0 Å². The molecule has 0 aromatic rings. The van der Waals surface area contributed by atoms with Crippen LogP contribution in [0.3, 0.4) is 0 Å². The summed E-state index contributed by atoms with van der Waals surface area (Å²) in [7, 11) is 0. The predicted octanol–water partition coefficient (Wildman–Crippen LogP) is -2.17. The average molecular weight is 312 g/mol. The summed E-state index contributed by atoms with van der Waals surface area (Å²) in [5.74, 6) is 0. The summed E-state index contributed by atoms with van der Waals surface area (Å²) in [4.78, 5) is 16.0. The van der Waals surface area contributed by atoms with Gasteiger partial charge in [0.15, 0.2) is 0 Å². The van der Waals surface area contributed by atoms with Crippen LogP contribution in [0.25, 0.3) is 0 Å². The van der Waals surface area contributed by atoms with Crippen LogP contribution in [0.5, 0.6) is 0 Å². The van der Waals surface area contributed by atoms with Crippen molar-refractivity contribution in [2.24, 2.45) is 10.7 Å². The van der Waals surface area contributed by atoms with E-state index in [0.717, 1.165) is 10.7 Å². The number of rotatable bonds is 0. The molecule has 0 aromatic carbocycles. The third kappa shape index (κ3) is 19500. The maximum atomic E-state index is 8.00. The van der Waals surface area contributed by atoms with E-state index in [2.05, 4.69) is 0 Å². The minimum atomic E-state index is 0. The molecular weight excluding hydrogens is 306 g/mol. The van der Waals surface area contributed by atoms with Crippen molar-refractivity contribution in [3.05, 3.63) is 20.2 Å². The van der Waals surface area contributed by atoms with Gasteiger partial charge in [-0.05, 0) is 0 Å². The van der Waals surface area contributed by atoms with Gasteiger partial charge in [-0.15, -0.1) is 10.7 Å². The molecule has 0 rings (SSSR count). The first kappa shape index (κ1) is 51.9. The molecule has 0 heterocycles. The van der Waals surface area contributed by atoms with Crippen molar-refractivity contribution in [2.75, 3.05) is 0 Å². The Bertz CT molecular complexity index is 38.2. The van der Waals surface area contributed by atoms with E-state index in [1.165, 1.54) is 0 Å². The van der Waals surface area contributed by atoms with Gasteiger partial charge in [0, 0.05) is 20.4 Å². The molecule has 0 fully saturated rings. The molecule has 10 heavy (non-hydrogen) atoms. The van der Waals surface area contributed by atoms with E-state index in [-0.39, 0.29) is 49.7 Å². The second-order valence-corrected chi connectivity index (χ2v) is 0.149. The van der Waals surface area contributed by atoms with Gasteiger partial charge < -0.3 is 49.5 Å². The van der Waals surface area contributed by atoms with Crippen LogP contribution < -0.4 is 29.3 Å². The summed E-state index contributed by atoms with van der Waals surface area (Å²) in [6.07, 6.45) is 0. The molecule has 0 aromatic heterocycles. The summed E-state index contributed by atoms with van der Waals surface area (Å²) in [5.41, 5.74) is 0. The van der Waals surface area contributed by atoms with Crippen molar-refractivity contribution in [1.29, 1.82) is 0 Å². The second-order valence-electron chi connectivity index (χ2n) is 0.149. The van der Waals surface area contributed by atoms with Gasteiger partial charge in [-0.2, -0.15) is 0 Å². The Morgan fingerprint density at radius 1 is 0.900 bits per heavy atom. The maximum absolute atomic E-state index is 8.00. The zero-order valence-electron chi connectivity index (χ0n) is 4.64. The summed E-state index contributed by atoms with van der Waals surface area (Å²) in [6.45, 7) is 0. The topological polar surface area (TPSA) is 175 Å². The molecule has 0 bridgehead atoms. The summed E-state index contributed by atoms with van der Waals surface area (Å²) in [5, 5.41) is 18.0. The Morgan fingerprint density at radius 3 is 0.900 bits per heavy atom. The van der Waals surface area contributed by atoms with Crippen molar-refractivity contribution in [1.82, 2.24) is 12.3 Å². The van der Waals surface area contributed by atoms with Gasteiger partial charge in [-0.1, -0.05) is 0 Å². The van der Waals surface area contributed by atoms with Crippen LogP contribution >= 0.6 is 0 Å². The van der Waals surface area contributed by atoms with E-state index in [4.69, 9.17) is 20.2 Å². The normalized spacial score (nSPS) is 2.40. The van der Waals surface area contributed by atoms with Crippen LogP contribution in [0.2, 0.25) is 0 Å². The minimum Gasteiger partial charge on any atom is -1.00 e. The number of halogens is 1. The third-order valence-corrected chi connectivity index (χ3v) is 0. The Balaban J connectivity index is -0.00000000571. The fraction of sp³-hybridized carbons (Fsp3) is 0. The number of nitrogens with zero attached hydrogens (tertiary/aromatic N) is 2. The van der Waals surface area contributed by atoms with E-state index in [1.54, 1.807) is 0 Å². The molecular formula is H6BrN4O4Pd-3. The third-order valence-electron chi connectivity index (χ3n) is 0. The standard InChI is InChI=1S/BrH.2HNO2.2H3N.Pd/c;2*2-1-3;;;/h1H;2*(H,2,3);2*1H3;/p-3. The van der Waals surface area contributed by atoms with E-state index in [1.807, 2.05) is 0 Å². The Labute approximate surface area is 80.8 Å². The molecule has 0 saturated heterocycles. The Hall–Kier alpha value is -0.138. The largest absolute Gasteiger partial charge is 1.00 e. The van der Waals surface area contributed by atoms with Gasteiger partial charge in [0.05, 0.1) is 0 Å². The van der Waals surface area contributed by atoms with Crippen LogP contribution in [-0.4, -0.2) is 0 Å². The van der Waals surface area contributed by atoms with Gasteiger partial charge in [0.1, 0.15) is 0 Å². The summed E-state index contributed by atoms with van der Waals surface area (Å²) >= 11 is 0. The molecule has 0 radical (unpaired) electrons. The molecule has 0 aliphatic heterocycles. The van der Waals surface area contributed by atoms with Gasteiger partial charge in [0.25, 0.3) is 0 Å². The van der Waals surface area contributed by atoms with E-state index in [9.17, 15) is 0 Å². The molecule has 0 aliphatic carbocycles. The Morgan fingerprint density at radius 2 is 0.900 bits per heavy atom. The molecule has 6 N–H and O–H groups in total. The number of hydrogen-bond acceptors (Lipinski definition) is 8. The fourth-order valence-corrected chi connectivity index (χ4v) is 0. The quantitative estimate of drug-likeness (QED) is 0.292.